The van der Waals surface area contributed by atoms with Gasteiger partial charge in [-0.15, -0.1) is 0 Å². The lowest BCUT2D eigenvalue weighted by Crippen LogP contribution is -2.31. The van der Waals surface area contributed by atoms with Gasteiger partial charge in [-0.2, -0.15) is 0 Å². The number of nitrogens with zero attached hydrogens (tertiary/aromatic N) is 1. The van der Waals surface area contributed by atoms with Gasteiger partial charge in [-0.1, -0.05) is 19.8 Å². The van der Waals surface area contributed by atoms with Gasteiger partial charge in [0.25, 0.3) is 0 Å². The summed E-state index contributed by atoms with van der Waals surface area (Å²) >= 11 is 0. The molecule has 1 atom stereocenters. The van der Waals surface area contributed by atoms with Crippen LogP contribution in [-0.4, -0.2) is 36.5 Å². The highest BCUT2D eigenvalue weighted by atomic mass is 16.5. The third-order valence-corrected chi connectivity index (χ3v) is 4.12. The molecule has 0 aromatic carbocycles. The summed E-state index contributed by atoms with van der Waals surface area (Å²) in [7, 11) is 0. The maximum absolute atomic E-state index is 12.0. The van der Waals surface area contributed by atoms with Crippen molar-refractivity contribution in [1.29, 1.82) is 0 Å². The Morgan fingerprint density at radius 1 is 1.25 bits per heavy atom. The van der Waals surface area contributed by atoms with Crippen molar-refractivity contribution in [2.45, 2.75) is 65.2 Å². The van der Waals surface area contributed by atoms with E-state index in [9.17, 15) is 9.59 Å². The average molecular weight is 283 g/mol. The highest BCUT2D eigenvalue weighted by molar-refractivity contribution is 5.76. The van der Waals surface area contributed by atoms with Crippen molar-refractivity contribution < 1.29 is 14.3 Å². The number of hydrogen-bond acceptors (Lipinski definition) is 3. The Hall–Kier alpha value is -1.06. The van der Waals surface area contributed by atoms with E-state index in [2.05, 4.69) is 6.92 Å². The van der Waals surface area contributed by atoms with Crippen molar-refractivity contribution in [3.05, 3.63) is 0 Å². The van der Waals surface area contributed by atoms with Crippen LogP contribution in [0.5, 0.6) is 0 Å². The molecule has 1 saturated heterocycles. The fourth-order valence-corrected chi connectivity index (χ4v) is 2.72. The van der Waals surface area contributed by atoms with E-state index in [0.717, 1.165) is 45.2 Å². The van der Waals surface area contributed by atoms with Crippen LogP contribution in [0, 0.1) is 5.92 Å². The first-order chi connectivity index (χ1) is 9.67. The van der Waals surface area contributed by atoms with E-state index in [1.807, 2.05) is 11.8 Å². The fourth-order valence-electron chi connectivity index (χ4n) is 2.72. The number of hydrogen-bond donors (Lipinski definition) is 0. The minimum Gasteiger partial charge on any atom is -0.466 e. The molecule has 1 fully saturated rings. The number of likely N-dealkylation sites (tertiary alicyclic amines) is 1. The molecule has 0 saturated carbocycles. The van der Waals surface area contributed by atoms with Gasteiger partial charge in [0.15, 0.2) is 0 Å². The lowest BCUT2D eigenvalue weighted by atomic mass is 9.98. The maximum Gasteiger partial charge on any atom is 0.305 e. The summed E-state index contributed by atoms with van der Waals surface area (Å²) in [5.41, 5.74) is 0. The molecule has 1 unspecified atom stereocenters. The lowest BCUT2D eigenvalue weighted by molar-refractivity contribution is -0.143. The second-order valence-electron chi connectivity index (χ2n) is 5.60. The molecule has 0 aromatic rings. The van der Waals surface area contributed by atoms with E-state index < -0.39 is 0 Å². The highest BCUT2D eigenvalue weighted by Gasteiger charge is 2.20. The number of rotatable bonds is 8. The van der Waals surface area contributed by atoms with Gasteiger partial charge in [0.05, 0.1) is 6.61 Å². The van der Waals surface area contributed by atoms with Crippen molar-refractivity contribution in [3.63, 3.8) is 0 Å². The summed E-state index contributed by atoms with van der Waals surface area (Å²) in [5.74, 6) is 0.920. The topological polar surface area (TPSA) is 46.6 Å². The Balaban J connectivity index is 2.14. The maximum atomic E-state index is 12.0. The summed E-state index contributed by atoms with van der Waals surface area (Å²) in [6.07, 6.45) is 7.42. The molecule has 20 heavy (non-hydrogen) atoms. The van der Waals surface area contributed by atoms with Crippen LogP contribution in [0.25, 0.3) is 0 Å². The van der Waals surface area contributed by atoms with Crippen molar-refractivity contribution in [2.75, 3.05) is 19.7 Å². The zero-order valence-electron chi connectivity index (χ0n) is 13.0. The van der Waals surface area contributed by atoms with Gasteiger partial charge in [0, 0.05) is 25.9 Å². The normalized spacial score (nSPS) is 19.8. The van der Waals surface area contributed by atoms with E-state index in [0.29, 0.717) is 31.3 Å². The van der Waals surface area contributed by atoms with E-state index in [-0.39, 0.29) is 5.97 Å². The minimum atomic E-state index is -0.107. The summed E-state index contributed by atoms with van der Waals surface area (Å²) < 4.78 is 4.89. The molecular formula is C16H29NO3. The van der Waals surface area contributed by atoms with Crippen LogP contribution < -0.4 is 0 Å². The van der Waals surface area contributed by atoms with Crippen LogP contribution in [0.3, 0.4) is 0 Å². The van der Waals surface area contributed by atoms with E-state index in [4.69, 9.17) is 4.74 Å². The predicted octanol–water partition coefficient (Wildman–Crippen LogP) is 3.15. The molecule has 1 amide bonds. The number of unbranched alkanes of at least 4 members (excludes halogenated alkanes) is 2. The van der Waals surface area contributed by atoms with E-state index in [1.165, 1.54) is 6.42 Å². The Morgan fingerprint density at radius 2 is 2.05 bits per heavy atom. The molecule has 1 aliphatic rings. The van der Waals surface area contributed by atoms with Crippen LogP contribution in [-0.2, 0) is 14.3 Å². The molecular weight excluding hydrogens is 254 g/mol. The van der Waals surface area contributed by atoms with Crippen LogP contribution >= 0.6 is 0 Å². The van der Waals surface area contributed by atoms with Crippen molar-refractivity contribution in [2.24, 2.45) is 5.92 Å². The Morgan fingerprint density at radius 3 is 2.75 bits per heavy atom. The molecule has 0 spiro atoms. The molecule has 1 heterocycles. The summed E-state index contributed by atoms with van der Waals surface area (Å²) in [6, 6.07) is 0. The Kier molecular flexibility index (Phi) is 8.31. The molecule has 0 aliphatic carbocycles. The number of amides is 1. The monoisotopic (exact) mass is 283 g/mol. The van der Waals surface area contributed by atoms with Gasteiger partial charge in [-0.05, 0) is 38.5 Å². The van der Waals surface area contributed by atoms with Gasteiger partial charge in [0.1, 0.15) is 0 Å². The zero-order chi connectivity index (χ0) is 14.8. The number of carbonyl (C=O) groups excluding carboxylic acids is 2. The van der Waals surface area contributed by atoms with Gasteiger partial charge in [-0.3, -0.25) is 9.59 Å². The number of esters is 1. The number of carbonyl (C=O) groups is 2. The van der Waals surface area contributed by atoms with E-state index >= 15 is 0 Å². The molecule has 4 heteroatoms. The zero-order valence-corrected chi connectivity index (χ0v) is 13.0. The van der Waals surface area contributed by atoms with Crippen molar-refractivity contribution in [1.82, 2.24) is 4.90 Å². The van der Waals surface area contributed by atoms with Crippen LogP contribution in [0.1, 0.15) is 65.2 Å². The second kappa shape index (κ2) is 9.78. The molecule has 0 N–H and O–H groups in total. The first-order valence-corrected chi connectivity index (χ1v) is 8.10. The summed E-state index contributed by atoms with van der Waals surface area (Å²) in [6.45, 7) is 6.25. The van der Waals surface area contributed by atoms with Gasteiger partial charge in [0.2, 0.25) is 5.91 Å². The standard InChI is InChI=1S/C16H29NO3/c1-3-14-9-10-15(18)17(13-11-14)12-7-5-6-8-16(19)20-4-2/h14H,3-13H2,1-2H3. The third-order valence-electron chi connectivity index (χ3n) is 4.12. The predicted molar refractivity (Wildman–Crippen MR) is 79.3 cm³/mol. The van der Waals surface area contributed by atoms with Crippen molar-refractivity contribution >= 4 is 11.9 Å². The summed E-state index contributed by atoms with van der Waals surface area (Å²) in [4.78, 5) is 25.2. The first kappa shape index (κ1) is 17.0. The largest absolute Gasteiger partial charge is 0.466 e. The second-order valence-corrected chi connectivity index (χ2v) is 5.60. The van der Waals surface area contributed by atoms with Crippen LogP contribution in [0.15, 0.2) is 0 Å². The molecule has 4 nitrogen and oxygen atoms in total. The van der Waals surface area contributed by atoms with Gasteiger partial charge < -0.3 is 9.64 Å². The number of ether oxygens (including phenoxy) is 1. The Labute approximate surface area is 122 Å². The smallest absolute Gasteiger partial charge is 0.305 e. The molecule has 0 radical (unpaired) electrons. The molecule has 0 aromatic heterocycles. The van der Waals surface area contributed by atoms with Crippen LogP contribution in [0.2, 0.25) is 0 Å². The third kappa shape index (κ3) is 6.40. The minimum absolute atomic E-state index is 0.107. The highest BCUT2D eigenvalue weighted by Crippen LogP contribution is 2.21. The van der Waals surface area contributed by atoms with Crippen LogP contribution in [0.4, 0.5) is 0 Å². The summed E-state index contributed by atoms with van der Waals surface area (Å²) in [5, 5.41) is 0. The molecule has 1 rings (SSSR count). The quantitative estimate of drug-likeness (QED) is 0.508. The molecule has 1 aliphatic heterocycles. The Bertz CT molecular complexity index is 304. The lowest BCUT2D eigenvalue weighted by Gasteiger charge is -2.20. The molecule has 0 bridgehead atoms. The van der Waals surface area contributed by atoms with E-state index in [1.54, 1.807) is 0 Å². The average Bonchev–Trinajstić information content (AvgIpc) is 2.61. The molecule has 116 valence electrons. The first-order valence-electron chi connectivity index (χ1n) is 8.10. The fraction of sp³-hybridized carbons (Fsp3) is 0.875. The SMILES string of the molecule is CCOC(=O)CCCCCN1CCC(CC)CCC1=O. The van der Waals surface area contributed by atoms with Gasteiger partial charge in [-0.25, -0.2) is 0 Å². The van der Waals surface area contributed by atoms with Gasteiger partial charge >= 0.3 is 5.97 Å². The van der Waals surface area contributed by atoms with Crippen molar-refractivity contribution in [3.8, 4) is 0 Å².